The highest BCUT2D eigenvalue weighted by Crippen LogP contribution is 2.11. The summed E-state index contributed by atoms with van der Waals surface area (Å²) in [6.07, 6.45) is 1.87. The Balaban J connectivity index is 2.38. The zero-order chi connectivity index (χ0) is 12.7. The summed E-state index contributed by atoms with van der Waals surface area (Å²) >= 11 is 0. The summed E-state index contributed by atoms with van der Waals surface area (Å²) in [4.78, 5) is 0. The van der Waals surface area contributed by atoms with E-state index in [2.05, 4.69) is 5.32 Å². The molecular formula is C12H19NO3S. The van der Waals surface area contributed by atoms with Gasteiger partial charge in [-0.2, -0.15) is 0 Å². The SMILES string of the molecule is COCc1cccc(NCCCS(C)(=O)=O)c1. The van der Waals surface area contributed by atoms with Gasteiger partial charge in [0.05, 0.1) is 12.4 Å². The fourth-order valence-electron chi connectivity index (χ4n) is 1.50. The summed E-state index contributed by atoms with van der Waals surface area (Å²) in [5.74, 6) is 0.220. The number of hydrogen-bond donors (Lipinski definition) is 1. The third-order valence-corrected chi connectivity index (χ3v) is 3.29. The molecule has 0 heterocycles. The predicted octanol–water partition coefficient (Wildman–Crippen LogP) is 1.68. The number of hydrogen-bond acceptors (Lipinski definition) is 4. The van der Waals surface area contributed by atoms with Crippen LogP contribution in [-0.4, -0.2) is 34.1 Å². The van der Waals surface area contributed by atoms with Crippen LogP contribution in [0.15, 0.2) is 24.3 Å². The zero-order valence-corrected chi connectivity index (χ0v) is 11.1. The first-order valence-electron chi connectivity index (χ1n) is 5.51. The van der Waals surface area contributed by atoms with Gasteiger partial charge in [0, 0.05) is 25.6 Å². The second-order valence-electron chi connectivity index (χ2n) is 4.04. The first kappa shape index (κ1) is 14.0. The standard InChI is InChI=1S/C12H19NO3S/c1-16-10-11-5-3-6-12(9-11)13-7-4-8-17(2,14)15/h3,5-6,9,13H,4,7-8,10H2,1-2H3. The first-order chi connectivity index (χ1) is 8.01. The summed E-state index contributed by atoms with van der Waals surface area (Å²) in [6, 6.07) is 7.90. The van der Waals surface area contributed by atoms with Crippen molar-refractivity contribution >= 4 is 15.5 Å². The predicted molar refractivity (Wildman–Crippen MR) is 70.0 cm³/mol. The Morgan fingerprint density at radius 3 is 2.76 bits per heavy atom. The maximum Gasteiger partial charge on any atom is 0.147 e. The lowest BCUT2D eigenvalue weighted by Gasteiger charge is -2.07. The summed E-state index contributed by atoms with van der Waals surface area (Å²) in [6.45, 7) is 1.24. The summed E-state index contributed by atoms with van der Waals surface area (Å²) in [5, 5.41) is 3.20. The highest BCUT2D eigenvalue weighted by atomic mass is 32.2. The number of methoxy groups -OCH3 is 1. The van der Waals surface area contributed by atoms with E-state index in [0.29, 0.717) is 19.6 Å². The Labute approximate surface area is 103 Å². The third-order valence-electron chi connectivity index (χ3n) is 2.26. The van der Waals surface area contributed by atoms with Crippen molar-refractivity contribution in [3.63, 3.8) is 0 Å². The van der Waals surface area contributed by atoms with Gasteiger partial charge in [-0.15, -0.1) is 0 Å². The molecule has 0 unspecified atom stereocenters. The van der Waals surface area contributed by atoms with Crippen molar-refractivity contribution in [1.82, 2.24) is 0 Å². The van der Waals surface area contributed by atoms with Crippen molar-refractivity contribution in [3.05, 3.63) is 29.8 Å². The molecule has 0 saturated carbocycles. The number of ether oxygens (including phenoxy) is 1. The van der Waals surface area contributed by atoms with Crippen LogP contribution in [0, 0.1) is 0 Å². The van der Waals surface area contributed by atoms with Gasteiger partial charge in [0.25, 0.3) is 0 Å². The fraction of sp³-hybridized carbons (Fsp3) is 0.500. The maximum absolute atomic E-state index is 10.9. The fourth-order valence-corrected chi connectivity index (χ4v) is 2.17. The molecule has 1 aromatic rings. The van der Waals surface area contributed by atoms with Crippen LogP contribution < -0.4 is 5.32 Å². The Morgan fingerprint density at radius 1 is 1.35 bits per heavy atom. The van der Waals surface area contributed by atoms with E-state index in [9.17, 15) is 8.42 Å². The van der Waals surface area contributed by atoms with E-state index in [4.69, 9.17) is 4.74 Å². The lowest BCUT2D eigenvalue weighted by atomic mass is 10.2. The molecule has 0 amide bonds. The average molecular weight is 257 g/mol. The summed E-state index contributed by atoms with van der Waals surface area (Å²) < 4.78 is 26.9. The average Bonchev–Trinajstić information content (AvgIpc) is 2.24. The van der Waals surface area contributed by atoms with E-state index in [-0.39, 0.29) is 5.75 Å². The molecule has 4 nitrogen and oxygen atoms in total. The topological polar surface area (TPSA) is 55.4 Å². The Morgan fingerprint density at radius 2 is 2.12 bits per heavy atom. The van der Waals surface area contributed by atoms with Crippen LogP contribution in [0.5, 0.6) is 0 Å². The molecule has 1 N–H and O–H groups in total. The minimum atomic E-state index is -2.86. The van der Waals surface area contributed by atoms with Gasteiger partial charge in [-0.25, -0.2) is 8.42 Å². The molecule has 0 spiro atoms. The molecule has 5 heteroatoms. The molecule has 0 aliphatic carbocycles. The number of sulfone groups is 1. The van der Waals surface area contributed by atoms with E-state index >= 15 is 0 Å². The normalized spacial score (nSPS) is 11.4. The molecule has 0 fully saturated rings. The second kappa shape index (κ2) is 6.61. The molecule has 0 atom stereocenters. The van der Waals surface area contributed by atoms with Crippen LogP contribution in [0.1, 0.15) is 12.0 Å². The smallest absolute Gasteiger partial charge is 0.147 e. The van der Waals surface area contributed by atoms with Crippen LogP contribution in [-0.2, 0) is 21.2 Å². The van der Waals surface area contributed by atoms with Crippen molar-refractivity contribution in [3.8, 4) is 0 Å². The minimum Gasteiger partial charge on any atom is -0.385 e. The molecule has 0 bridgehead atoms. The van der Waals surface area contributed by atoms with Crippen LogP contribution in [0.3, 0.4) is 0 Å². The van der Waals surface area contributed by atoms with Gasteiger partial charge in [-0.3, -0.25) is 0 Å². The molecule has 0 aliphatic heterocycles. The molecule has 1 rings (SSSR count). The van der Waals surface area contributed by atoms with Crippen LogP contribution in [0.25, 0.3) is 0 Å². The first-order valence-corrected chi connectivity index (χ1v) is 7.57. The van der Waals surface area contributed by atoms with E-state index in [0.717, 1.165) is 11.3 Å². The Bertz CT molecular complexity index is 443. The molecule has 0 radical (unpaired) electrons. The third kappa shape index (κ3) is 6.28. The summed E-state index contributed by atoms with van der Waals surface area (Å²) in [5.41, 5.74) is 2.09. The Hall–Kier alpha value is -1.07. The van der Waals surface area contributed by atoms with E-state index in [1.807, 2.05) is 24.3 Å². The second-order valence-corrected chi connectivity index (χ2v) is 6.30. The van der Waals surface area contributed by atoms with Gasteiger partial charge in [0.15, 0.2) is 0 Å². The number of rotatable bonds is 7. The summed E-state index contributed by atoms with van der Waals surface area (Å²) in [7, 11) is -1.20. The highest BCUT2D eigenvalue weighted by molar-refractivity contribution is 7.90. The van der Waals surface area contributed by atoms with E-state index in [1.54, 1.807) is 7.11 Å². The largest absolute Gasteiger partial charge is 0.385 e. The molecular weight excluding hydrogens is 238 g/mol. The van der Waals surface area contributed by atoms with Gasteiger partial charge in [0.2, 0.25) is 0 Å². The van der Waals surface area contributed by atoms with Crippen molar-refractivity contribution in [2.75, 3.05) is 31.0 Å². The van der Waals surface area contributed by atoms with Crippen molar-refractivity contribution in [2.45, 2.75) is 13.0 Å². The monoisotopic (exact) mass is 257 g/mol. The number of anilines is 1. The highest BCUT2D eigenvalue weighted by Gasteiger charge is 2.01. The van der Waals surface area contributed by atoms with Crippen molar-refractivity contribution < 1.29 is 13.2 Å². The molecule has 0 aliphatic rings. The lowest BCUT2D eigenvalue weighted by Crippen LogP contribution is -2.09. The van der Waals surface area contributed by atoms with Gasteiger partial charge in [0.1, 0.15) is 9.84 Å². The number of nitrogens with one attached hydrogen (secondary N) is 1. The van der Waals surface area contributed by atoms with Gasteiger partial charge < -0.3 is 10.1 Å². The van der Waals surface area contributed by atoms with Gasteiger partial charge in [-0.05, 0) is 24.1 Å². The quantitative estimate of drug-likeness (QED) is 0.755. The minimum absolute atomic E-state index is 0.220. The molecule has 96 valence electrons. The van der Waals surface area contributed by atoms with Gasteiger partial charge in [-0.1, -0.05) is 12.1 Å². The maximum atomic E-state index is 10.9. The van der Waals surface area contributed by atoms with Crippen LogP contribution in [0.2, 0.25) is 0 Å². The number of benzene rings is 1. The van der Waals surface area contributed by atoms with E-state index < -0.39 is 9.84 Å². The Kier molecular flexibility index (Phi) is 5.44. The lowest BCUT2D eigenvalue weighted by molar-refractivity contribution is 0.185. The van der Waals surface area contributed by atoms with Gasteiger partial charge >= 0.3 is 0 Å². The van der Waals surface area contributed by atoms with Crippen molar-refractivity contribution in [2.24, 2.45) is 0 Å². The van der Waals surface area contributed by atoms with Crippen LogP contribution >= 0.6 is 0 Å². The molecule has 1 aromatic carbocycles. The zero-order valence-electron chi connectivity index (χ0n) is 10.3. The molecule has 0 saturated heterocycles. The van der Waals surface area contributed by atoms with Crippen molar-refractivity contribution in [1.29, 1.82) is 0 Å². The van der Waals surface area contributed by atoms with E-state index in [1.165, 1.54) is 6.26 Å². The molecule has 17 heavy (non-hydrogen) atoms. The molecule has 0 aromatic heterocycles. The van der Waals surface area contributed by atoms with Crippen LogP contribution in [0.4, 0.5) is 5.69 Å².